The number of hydrogen-bond acceptors (Lipinski definition) is 1. The van der Waals surface area contributed by atoms with Crippen molar-refractivity contribution in [3.63, 3.8) is 0 Å². The summed E-state index contributed by atoms with van der Waals surface area (Å²) in [7, 11) is 0. The molecule has 0 bridgehead atoms. The molecule has 2 fully saturated rings. The molecular weight excluding hydrogens is 265 g/mol. The molecule has 2 radical (unpaired) electrons. The minimum atomic E-state index is -0.108. The van der Waals surface area contributed by atoms with E-state index in [2.05, 4.69) is 9.84 Å². The molecule has 1 saturated carbocycles. The zero-order valence-corrected chi connectivity index (χ0v) is 11.7. The number of likely N-dealkylation sites (tertiary alicyclic amines) is 1. The molecule has 0 spiro atoms. The quantitative estimate of drug-likeness (QED) is 0.705. The summed E-state index contributed by atoms with van der Waals surface area (Å²) in [6, 6.07) is 0. The van der Waals surface area contributed by atoms with Crippen molar-refractivity contribution < 1.29 is 0 Å². The van der Waals surface area contributed by atoms with Gasteiger partial charge in [0.2, 0.25) is 0 Å². The van der Waals surface area contributed by atoms with Crippen LogP contribution in [0.5, 0.6) is 0 Å². The summed E-state index contributed by atoms with van der Waals surface area (Å²) in [5.74, 6) is 0. The van der Waals surface area contributed by atoms with Crippen LogP contribution >= 0.6 is 0 Å². The molecule has 1 aliphatic carbocycles. The number of rotatable bonds is 2. The Labute approximate surface area is 92.5 Å². The van der Waals surface area contributed by atoms with E-state index < -0.39 is 0 Å². The number of hydrogen-bond donors (Lipinski definition) is 0. The minimum absolute atomic E-state index is 0.108. The van der Waals surface area contributed by atoms with Crippen molar-refractivity contribution in [3.8, 4) is 0 Å². The van der Waals surface area contributed by atoms with Crippen molar-refractivity contribution >= 4 is 21.1 Å². The second-order valence-corrected chi connectivity index (χ2v) is 8.62. The molecule has 74 valence electrons. The van der Waals surface area contributed by atoms with Crippen molar-refractivity contribution in [1.29, 1.82) is 0 Å². The molecule has 0 aromatic rings. The van der Waals surface area contributed by atoms with E-state index in [-0.39, 0.29) is 21.1 Å². The Morgan fingerprint density at radius 3 is 2.08 bits per heavy atom. The molecule has 0 atom stereocenters. The standard InChI is InChI=1S/C10H18N.CH3.Sn/c1-4-8-11(9-5-1)10-6-2-3-7-10;;/h1-9H2;1H3;. The third-order valence-corrected chi connectivity index (χ3v) is 8.84. The van der Waals surface area contributed by atoms with Gasteiger partial charge in [0, 0.05) is 0 Å². The first-order chi connectivity index (χ1) is 6.37. The third-order valence-electron chi connectivity index (χ3n) is 3.86. The topological polar surface area (TPSA) is 3.24 Å². The van der Waals surface area contributed by atoms with Gasteiger partial charge in [-0.1, -0.05) is 0 Å². The van der Waals surface area contributed by atoms with Crippen molar-refractivity contribution in [2.45, 2.75) is 53.4 Å². The maximum atomic E-state index is 2.88. The second-order valence-electron chi connectivity index (χ2n) is 4.54. The van der Waals surface area contributed by atoms with Gasteiger partial charge in [-0.2, -0.15) is 0 Å². The van der Waals surface area contributed by atoms with Crippen LogP contribution in [-0.4, -0.2) is 42.7 Å². The van der Waals surface area contributed by atoms with Gasteiger partial charge in [-0.15, -0.1) is 0 Å². The van der Waals surface area contributed by atoms with Crippen molar-refractivity contribution in [3.05, 3.63) is 0 Å². The van der Waals surface area contributed by atoms with Gasteiger partial charge >= 0.3 is 92.6 Å². The molecule has 0 aromatic heterocycles. The Kier molecular flexibility index (Phi) is 3.57. The molecule has 2 heteroatoms. The fourth-order valence-corrected chi connectivity index (χ4v) is 6.98. The fourth-order valence-electron chi connectivity index (χ4n) is 3.01. The van der Waals surface area contributed by atoms with Crippen LogP contribution < -0.4 is 0 Å². The van der Waals surface area contributed by atoms with Crippen LogP contribution in [0.1, 0.15) is 44.9 Å². The summed E-state index contributed by atoms with van der Waals surface area (Å²) in [5.41, 5.74) is 0. The SMILES string of the molecule is [CH3][Sn][C]1(N2CCCCC2)CCCC1. The second kappa shape index (κ2) is 4.52. The van der Waals surface area contributed by atoms with Crippen molar-refractivity contribution in [2.24, 2.45) is 0 Å². The zero-order chi connectivity index (χ0) is 9.15. The summed E-state index contributed by atoms with van der Waals surface area (Å²) < 4.78 is 0.809. The first kappa shape index (κ1) is 10.3. The summed E-state index contributed by atoms with van der Waals surface area (Å²) in [5, 5.41) is 0. The molecule has 13 heavy (non-hydrogen) atoms. The van der Waals surface area contributed by atoms with Gasteiger partial charge in [-0.05, 0) is 0 Å². The van der Waals surface area contributed by atoms with E-state index in [4.69, 9.17) is 0 Å². The molecule has 2 rings (SSSR count). The van der Waals surface area contributed by atoms with Gasteiger partial charge in [0.1, 0.15) is 0 Å². The Balaban J connectivity index is 2.01. The van der Waals surface area contributed by atoms with Gasteiger partial charge in [0.15, 0.2) is 0 Å². The van der Waals surface area contributed by atoms with Gasteiger partial charge < -0.3 is 0 Å². The van der Waals surface area contributed by atoms with Crippen LogP contribution in [0.2, 0.25) is 4.94 Å². The van der Waals surface area contributed by atoms with Gasteiger partial charge in [-0.3, -0.25) is 0 Å². The van der Waals surface area contributed by atoms with Crippen LogP contribution in [0.4, 0.5) is 0 Å². The van der Waals surface area contributed by atoms with E-state index in [1.54, 1.807) is 12.8 Å². The average molecular weight is 286 g/mol. The maximum absolute atomic E-state index is 2.88. The third kappa shape index (κ3) is 2.06. The van der Waals surface area contributed by atoms with Crippen LogP contribution in [0.25, 0.3) is 0 Å². The van der Waals surface area contributed by atoms with Crippen LogP contribution in [0, 0.1) is 0 Å². The molecule has 0 unspecified atom stereocenters. The van der Waals surface area contributed by atoms with E-state index >= 15 is 0 Å². The first-order valence-corrected chi connectivity index (χ1v) is 10.1. The van der Waals surface area contributed by atoms with Gasteiger partial charge in [0.05, 0.1) is 0 Å². The van der Waals surface area contributed by atoms with Crippen LogP contribution in [0.15, 0.2) is 0 Å². The van der Waals surface area contributed by atoms with E-state index in [1.807, 2.05) is 0 Å². The van der Waals surface area contributed by atoms with E-state index in [9.17, 15) is 0 Å². The summed E-state index contributed by atoms with van der Waals surface area (Å²) in [4.78, 5) is 5.44. The van der Waals surface area contributed by atoms with E-state index in [0.717, 1.165) is 3.55 Å². The van der Waals surface area contributed by atoms with Crippen molar-refractivity contribution in [1.82, 2.24) is 4.90 Å². The Hall–Kier alpha value is 0.759. The molecule has 0 amide bonds. The summed E-state index contributed by atoms with van der Waals surface area (Å²) in [6.07, 6.45) is 10.6. The predicted molar refractivity (Wildman–Crippen MR) is 58.2 cm³/mol. The summed E-state index contributed by atoms with van der Waals surface area (Å²) >= 11 is -0.108. The number of piperidine rings is 1. The van der Waals surface area contributed by atoms with Crippen LogP contribution in [0.3, 0.4) is 0 Å². The monoisotopic (exact) mass is 287 g/mol. The first-order valence-electron chi connectivity index (χ1n) is 5.81. The molecular formula is C11H21NSn. The summed E-state index contributed by atoms with van der Waals surface area (Å²) in [6.45, 7) is 2.85. The molecule has 1 nitrogen and oxygen atoms in total. The molecule has 0 aromatic carbocycles. The van der Waals surface area contributed by atoms with Crippen LogP contribution in [-0.2, 0) is 0 Å². The predicted octanol–water partition coefficient (Wildman–Crippen LogP) is 2.49. The van der Waals surface area contributed by atoms with Gasteiger partial charge in [0.25, 0.3) is 0 Å². The zero-order valence-electron chi connectivity index (χ0n) is 8.81. The Morgan fingerprint density at radius 1 is 0.923 bits per heavy atom. The normalized spacial score (nSPS) is 29.3. The molecule has 2 aliphatic rings. The van der Waals surface area contributed by atoms with E-state index in [1.165, 1.54) is 45.2 Å². The fraction of sp³-hybridized carbons (Fsp3) is 1.00. The van der Waals surface area contributed by atoms with Crippen molar-refractivity contribution in [2.75, 3.05) is 13.1 Å². The Morgan fingerprint density at radius 2 is 1.54 bits per heavy atom. The van der Waals surface area contributed by atoms with Gasteiger partial charge in [-0.25, -0.2) is 0 Å². The average Bonchev–Trinajstić information content (AvgIpc) is 2.69. The number of nitrogens with zero attached hydrogens (tertiary/aromatic N) is 1. The van der Waals surface area contributed by atoms with E-state index in [0.29, 0.717) is 0 Å². The molecule has 0 N–H and O–H groups in total. The Bertz CT molecular complexity index is 157. The molecule has 1 heterocycles. The molecule has 1 aliphatic heterocycles. The molecule has 1 saturated heterocycles.